The Balaban J connectivity index is 1.91. The zero-order chi connectivity index (χ0) is 15.2. The van der Waals surface area contributed by atoms with E-state index < -0.39 is 0 Å². The first-order valence-corrected chi connectivity index (χ1v) is 8.96. The molecule has 4 heteroatoms. The van der Waals surface area contributed by atoms with E-state index in [1.807, 2.05) is 26.1 Å². The maximum absolute atomic E-state index is 13.7. The van der Waals surface area contributed by atoms with Crippen LogP contribution in [0.5, 0.6) is 0 Å². The predicted octanol–water partition coefficient (Wildman–Crippen LogP) is 3.61. The Morgan fingerprint density at radius 2 is 2.29 bits per heavy atom. The first-order valence-electron chi connectivity index (χ1n) is 7.91. The molecule has 1 fully saturated rings. The van der Waals surface area contributed by atoms with Gasteiger partial charge in [-0.15, -0.1) is 0 Å². The summed E-state index contributed by atoms with van der Waals surface area (Å²) in [6.07, 6.45) is 2.28. The van der Waals surface area contributed by atoms with Crippen molar-refractivity contribution in [3.63, 3.8) is 0 Å². The highest BCUT2D eigenvalue weighted by atomic mass is 32.2. The summed E-state index contributed by atoms with van der Waals surface area (Å²) in [5, 5.41) is 4.11. The molecule has 1 aromatic rings. The van der Waals surface area contributed by atoms with Crippen molar-refractivity contribution in [1.82, 2.24) is 10.2 Å². The van der Waals surface area contributed by atoms with E-state index in [0.29, 0.717) is 5.56 Å². The van der Waals surface area contributed by atoms with Gasteiger partial charge >= 0.3 is 0 Å². The van der Waals surface area contributed by atoms with Crippen molar-refractivity contribution in [1.29, 1.82) is 0 Å². The number of nitrogens with one attached hydrogen (secondary N) is 1. The minimum atomic E-state index is -0.104. The van der Waals surface area contributed by atoms with Crippen molar-refractivity contribution in [2.45, 2.75) is 38.0 Å². The highest BCUT2D eigenvalue weighted by Gasteiger charge is 2.20. The Hall–Kier alpha value is -0.580. The maximum atomic E-state index is 13.7. The van der Waals surface area contributed by atoms with E-state index in [0.717, 1.165) is 23.8 Å². The number of rotatable bonds is 6. The lowest BCUT2D eigenvalue weighted by molar-refractivity contribution is 0.265. The van der Waals surface area contributed by atoms with Crippen molar-refractivity contribution in [2.24, 2.45) is 0 Å². The molecule has 0 saturated carbocycles. The molecule has 0 amide bonds. The molecule has 1 aliphatic rings. The van der Waals surface area contributed by atoms with Gasteiger partial charge in [0.25, 0.3) is 0 Å². The normalized spacial score (nSPS) is 21.4. The van der Waals surface area contributed by atoms with Crippen LogP contribution >= 0.6 is 11.8 Å². The lowest BCUT2D eigenvalue weighted by atomic mass is 10.0. The molecular weight excluding hydrogens is 283 g/mol. The van der Waals surface area contributed by atoms with Gasteiger partial charge in [0.1, 0.15) is 5.82 Å². The van der Waals surface area contributed by atoms with E-state index in [1.165, 1.54) is 25.3 Å². The molecule has 1 saturated heterocycles. The third-order valence-electron chi connectivity index (χ3n) is 4.36. The van der Waals surface area contributed by atoms with Gasteiger partial charge in [-0.2, -0.15) is 11.8 Å². The minimum Gasteiger partial charge on any atom is -0.313 e. The smallest absolute Gasteiger partial charge is 0.126 e. The first-order chi connectivity index (χ1) is 10.1. The van der Waals surface area contributed by atoms with Crippen molar-refractivity contribution in [3.05, 3.63) is 35.1 Å². The molecule has 0 bridgehead atoms. The van der Waals surface area contributed by atoms with E-state index in [9.17, 15) is 4.39 Å². The molecule has 0 aliphatic carbocycles. The quantitative estimate of drug-likeness (QED) is 0.864. The summed E-state index contributed by atoms with van der Waals surface area (Å²) in [6, 6.07) is 5.83. The van der Waals surface area contributed by atoms with Gasteiger partial charge in [-0.25, -0.2) is 4.39 Å². The third kappa shape index (κ3) is 4.70. The summed E-state index contributed by atoms with van der Waals surface area (Å²) in [4.78, 5) is 2.56. The molecule has 2 nitrogen and oxygen atoms in total. The Bertz CT molecular complexity index is 452. The summed E-state index contributed by atoms with van der Waals surface area (Å²) >= 11 is 2.10. The van der Waals surface area contributed by atoms with Crippen LogP contribution in [0, 0.1) is 12.7 Å². The van der Waals surface area contributed by atoms with E-state index in [-0.39, 0.29) is 11.9 Å². The molecule has 1 heterocycles. The third-order valence-corrected chi connectivity index (χ3v) is 5.73. The molecule has 1 aromatic carbocycles. The summed E-state index contributed by atoms with van der Waals surface area (Å²) in [6.45, 7) is 7.54. The average Bonchev–Trinajstić information content (AvgIpc) is 2.51. The molecular formula is C17H27FN2S. The fraction of sp³-hybridized carbons (Fsp3) is 0.647. The average molecular weight is 310 g/mol. The second-order valence-electron chi connectivity index (χ2n) is 5.84. The van der Waals surface area contributed by atoms with E-state index in [1.54, 1.807) is 6.07 Å². The van der Waals surface area contributed by atoms with Crippen LogP contribution in [0.1, 0.15) is 36.9 Å². The zero-order valence-electron chi connectivity index (χ0n) is 13.4. The van der Waals surface area contributed by atoms with Gasteiger partial charge in [-0.1, -0.05) is 19.1 Å². The van der Waals surface area contributed by atoms with Gasteiger partial charge in [0.05, 0.1) is 0 Å². The molecule has 118 valence electrons. The molecule has 1 aliphatic heterocycles. The Morgan fingerprint density at radius 3 is 2.95 bits per heavy atom. The summed E-state index contributed by atoms with van der Waals surface area (Å²) in [7, 11) is 1.96. The number of aryl methyl sites for hydroxylation is 1. The number of hydrogen-bond acceptors (Lipinski definition) is 3. The first kappa shape index (κ1) is 16.8. The number of halogens is 1. The van der Waals surface area contributed by atoms with Crippen molar-refractivity contribution in [2.75, 3.05) is 32.4 Å². The second kappa shape index (κ2) is 8.16. The van der Waals surface area contributed by atoms with Crippen LogP contribution in [0.3, 0.4) is 0 Å². The van der Waals surface area contributed by atoms with Crippen LogP contribution in [-0.2, 0) is 0 Å². The highest BCUT2D eigenvalue weighted by Crippen LogP contribution is 2.23. The Morgan fingerprint density at radius 1 is 1.48 bits per heavy atom. The van der Waals surface area contributed by atoms with Gasteiger partial charge in [0, 0.05) is 36.7 Å². The van der Waals surface area contributed by atoms with Crippen LogP contribution in [0.4, 0.5) is 4.39 Å². The highest BCUT2D eigenvalue weighted by molar-refractivity contribution is 8.00. The summed E-state index contributed by atoms with van der Waals surface area (Å²) in [5.74, 6) is 1.13. The minimum absolute atomic E-state index is 0.104. The Labute approximate surface area is 132 Å². The van der Waals surface area contributed by atoms with Crippen LogP contribution in [-0.4, -0.2) is 42.6 Å². The van der Waals surface area contributed by atoms with E-state index in [4.69, 9.17) is 0 Å². The molecule has 2 atom stereocenters. The van der Waals surface area contributed by atoms with E-state index >= 15 is 0 Å². The van der Waals surface area contributed by atoms with E-state index in [2.05, 4.69) is 28.9 Å². The molecule has 1 N–H and O–H groups in total. The SMILES string of the molecule is CCC1CN(CCC(NC)c2ccc(C)c(F)c2)CCS1. The van der Waals surface area contributed by atoms with Crippen LogP contribution in [0.15, 0.2) is 18.2 Å². The zero-order valence-corrected chi connectivity index (χ0v) is 14.2. The lowest BCUT2D eigenvalue weighted by Gasteiger charge is -2.32. The lowest BCUT2D eigenvalue weighted by Crippen LogP contribution is -2.39. The standard InChI is InChI=1S/C17H27FN2S/c1-4-15-12-20(9-10-21-15)8-7-17(19-3)14-6-5-13(2)16(18)11-14/h5-6,11,15,17,19H,4,7-10,12H2,1-3H3. The number of benzene rings is 1. The largest absolute Gasteiger partial charge is 0.313 e. The Kier molecular flexibility index (Phi) is 6.52. The van der Waals surface area contributed by atoms with Crippen LogP contribution < -0.4 is 5.32 Å². The fourth-order valence-corrected chi connectivity index (χ4v) is 4.09. The maximum Gasteiger partial charge on any atom is 0.126 e. The number of hydrogen-bond donors (Lipinski definition) is 1. The number of nitrogens with zero attached hydrogens (tertiary/aromatic N) is 1. The van der Waals surface area contributed by atoms with Crippen LogP contribution in [0.2, 0.25) is 0 Å². The summed E-state index contributed by atoms with van der Waals surface area (Å²) < 4.78 is 13.7. The van der Waals surface area contributed by atoms with Gasteiger partial charge in [-0.05, 0) is 44.0 Å². The molecule has 2 rings (SSSR count). The molecule has 2 unspecified atom stereocenters. The van der Waals surface area contributed by atoms with Crippen molar-refractivity contribution >= 4 is 11.8 Å². The predicted molar refractivity (Wildman–Crippen MR) is 90.5 cm³/mol. The van der Waals surface area contributed by atoms with Gasteiger partial charge in [-0.3, -0.25) is 0 Å². The second-order valence-corrected chi connectivity index (χ2v) is 7.25. The molecule has 21 heavy (non-hydrogen) atoms. The molecule has 0 aromatic heterocycles. The number of thioether (sulfide) groups is 1. The monoisotopic (exact) mass is 310 g/mol. The topological polar surface area (TPSA) is 15.3 Å². The van der Waals surface area contributed by atoms with Crippen molar-refractivity contribution in [3.8, 4) is 0 Å². The van der Waals surface area contributed by atoms with Crippen molar-refractivity contribution < 1.29 is 4.39 Å². The van der Waals surface area contributed by atoms with Gasteiger partial charge in [0.2, 0.25) is 0 Å². The van der Waals surface area contributed by atoms with Gasteiger partial charge < -0.3 is 10.2 Å². The van der Waals surface area contributed by atoms with Gasteiger partial charge in [0.15, 0.2) is 0 Å². The fourth-order valence-electron chi connectivity index (χ4n) is 2.85. The summed E-state index contributed by atoms with van der Waals surface area (Å²) in [5.41, 5.74) is 1.77. The molecule has 0 spiro atoms. The molecule has 0 radical (unpaired) electrons. The van der Waals surface area contributed by atoms with Crippen LogP contribution in [0.25, 0.3) is 0 Å².